The first-order valence-electron chi connectivity index (χ1n) is 7.76. The molecule has 1 aliphatic heterocycles. The van der Waals surface area contributed by atoms with Crippen molar-refractivity contribution < 1.29 is 19.1 Å². The first-order valence-corrected chi connectivity index (χ1v) is 7.76. The molecule has 0 spiro atoms. The van der Waals surface area contributed by atoms with Crippen LogP contribution in [0, 0.1) is 5.92 Å². The molecule has 0 fully saturated rings. The predicted octanol–water partition coefficient (Wildman–Crippen LogP) is 2.12. The largest absolute Gasteiger partial charge is 0.455 e. The molecule has 6 nitrogen and oxygen atoms in total. The van der Waals surface area contributed by atoms with E-state index in [1.165, 1.54) is 6.92 Å². The fourth-order valence-corrected chi connectivity index (χ4v) is 2.48. The number of ether oxygens (including phenoxy) is 1. The van der Waals surface area contributed by atoms with Crippen LogP contribution < -0.4 is 10.2 Å². The highest BCUT2D eigenvalue weighted by molar-refractivity contribution is 5.96. The molecule has 23 heavy (non-hydrogen) atoms. The summed E-state index contributed by atoms with van der Waals surface area (Å²) in [6.45, 7) is 5.32. The molecule has 0 aromatic heterocycles. The van der Waals surface area contributed by atoms with Gasteiger partial charge < -0.3 is 15.0 Å². The van der Waals surface area contributed by atoms with Crippen LogP contribution in [0.5, 0.6) is 0 Å². The summed E-state index contributed by atoms with van der Waals surface area (Å²) in [6.07, 6.45) is 1.85. The third-order valence-corrected chi connectivity index (χ3v) is 3.68. The van der Waals surface area contributed by atoms with Gasteiger partial charge in [-0.1, -0.05) is 19.9 Å². The average Bonchev–Trinajstić information content (AvgIpc) is 2.51. The summed E-state index contributed by atoms with van der Waals surface area (Å²) in [4.78, 5) is 36.6. The number of carbonyl (C=O) groups is 3. The van der Waals surface area contributed by atoms with Crippen molar-refractivity contribution in [1.82, 2.24) is 0 Å². The van der Waals surface area contributed by atoms with E-state index in [9.17, 15) is 14.4 Å². The summed E-state index contributed by atoms with van der Waals surface area (Å²) in [5.41, 5.74) is 2.51. The van der Waals surface area contributed by atoms with Gasteiger partial charge in [-0.3, -0.25) is 14.4 Å². The number of carbonyl (C=O) groups excluding carboxylic acids is 3. The lowest BCUT2D eigenvalue weighted by molar-refractivity contribution is -0.150. The number of hydrogen-bond donors (Lipinski definition) is 1. The molecule has 1 aliphatic rings. The van der Waals surface area contributed by atoms with E-state index in [1.54, 1.807) is 30.9 Å². The number of rotatable bonds is 4. The molecule has 0 bridgehead atoms. The minimum atomic E-state index is -0.409. The highest BCUT2D eigenvalue weighted by Crippen LogP contribution is 2.30. The van der Waals surface area contributed by atoms with Gasteiger partial charge in [-0.2, -0.15) is 0 Å². The highest BCUT2D eigenvalue weighted by atomic mass is 16.5. The van der Waals surface area contributed by atoms with E-state index in [0.29, 0.717) is 12.2 Å². The maximum absolute atomic E-state index is 11.9. The number of anilines is 2. The molecule has 1 heterocycles. The van der Waals surface area contributed by atoms with Gasteiger partial charge in [0.1, 0.15) is 0 Å². The number of nitrogens with one attached hydrogen (secondary N) is 1. The molecule has 1 aromatic rings. The second kappa shape index (κ2) is 7.26. The lowest BCUT2D eigenvalue weighted by Crippen LogP contribution is -2.33. The van der Waals surface area contributed by atoms with E-state index in [4.69, 9.17) is 4.74 Å². The van der Waals surface area contributed by atoms with Gasteiger partial charge in [-0.25, -0.2) is 0 Å². The van der Waals surface area contributed by atoms with Gasteiger partial charge >= 0.3 is 5.97 Å². The van der Waals surface area contributed by atoms with Crippen molar-refractivity contribution in [3.63, 3.8) is 0 Å². The van der Waals surface area contributed by atoms with E-state index >= 15 is 0 Å². The number of amides is 2. The van der Waals surface area contributed by atoms with Gasteiger partial charge in [0.15, 0.2) is 6.61 Å². The quantitative estimate of drug-likeness (QED) is 0.863. The van der Waals surface area contributed by atoms with E-state index in [1.807, 2.05) is 6.07 Å². The fraction of sp³-hybridized carbons (Fsp3) is 0.471. The Kier molecular flexibility index (Phi) is 5.36. The molecule has 0 saturated carbocycles. The molecular formula is C17H22N2O4. The van der Waals surface area contributed by atoms with Crippen LogP contribution >= 0.6 is 0 Å². The van der Waals surface area contributed by atoms with E-state index in [0.717, 1.165) is 24.1 Å². The Bertz CT molecular complexity index is 625. The topological polar surface area (TPSA) is 75.7 Å². The number of aryl methyl sites for hydroxylation is 1. The summed E-state index contributed by atoms with van der Waals surface area (Å²) >= 11 is 0. The van der Waals surface area contributed by atoms with Crippen LogP contribution in [0.1, 0.15) is 32.8 Å². The summed E-state index contributed by atoms with van der Waals surface area (Å²) in [7, 11) is 0. The van der Waals surface area contributed by atoms with Crippen molar-refractivity contribution in [2.45, 2.75) is 33.6 Å². The van der Waals surface area contributed by atoms with E-state index in [-0.39, 0.29) is 18.4 Å². The Morgan fingerprint density at radius 3 is 2.70 bits per heavy atom. The molecule has 1 aromatic carbocycles. The number of nitrogens with zero attached hydrogens (tertiary/aromatic N) is 1. The average molecular weight is 318 g/mol. The van der Waals surface area contributed by atoms with Gasteiger partial charge in [-0.15, -0.1) is 0 Å². The SMILES string of the molecule is CC(=O)N1CCCc2ccc(NC(=O)COC(=O)C(C)C)cc21. The minimum Gasteiger partial charge on any atom is -0.455 e. The van der Waals surface area contributed by atoms with Crippen LogP contribution in [0.15, 0.2) is 18.2 Å². The van der Waals surface area contributed by atoms with Crippen molar-refractivity contribution >= 4 is 29.2 Å². The zero-order valence-electron chi connectivity index (χ0n) is 13.7. The van der Waals surface area contributed by atoms with Crippen LogP contribution in [0.3, 0.4) is 0 Å². The minimum absolute atomic E-state index is 0.0136. The highest BCUT2D eigenvalue weighted by Gasteiger charge is 2.20. The lowest BCUT2D eigenvalue weighted by atomic mass is 10.0. The van der Waals surface area contributed by atoms with Crippen LogP contribution in [-0.2, 0) is 25.5 Å². The van der Waals surface area contributed by atoms with Crippen molar-refractivity contribution in [3.05, 3.63) is 23.8 Å². The van der Waals surface area contributed by atoms with Gasteiger partial charge in [0, 0.05) is 24.8 Å². The first kappa shape index (κ1) is 17.0. The van der Waals surface area contributed by atoms with Crippen LogP contribution in [-0.4, -0.2) is 30.9 Å². The maximum atomic E-state index is 11.9. The van der Waals surface area contributed by atoms with Crippen molar-refractivity contribution in [3.8, 4) is 0 Å². The third kappa shape index (κ3) is 4.31. The molecule has 0 saturated heterocycles. The summed E-state index contributed by atoms with van der Waals surface area (Å²) in [5.74, 6) is -1.09. The zero-order valence-corrected chi connectivity index (χ0v) is 13.7. The fourth-order valence-electron chi connectivity index (χ4n) is 2.48. The maximum Gasteiger partial charge on any atom is 0.308 e. The molecule has 1 N–H and O–H groups in total. The first-order chi connectivity index (χ1) is 10.9. The van der Waals surface area contributed by atoms with Crippen molar-refractivity contribution in [2.75, 3.05) is 23.4 Å². The lowest BCUT2D eigenvalue weighted by Gasteiger charge is -2.29. The molecule has 2 rings (SSSR count). The van der Waals surface area contributed by atoms with Gasteiger partial charge in [0.2, 0.25) is 5.91 Å². The van der Waals surface area contributed by atoms with Crippen LogP contribution in [0.4, 0.5) is 11.4 Å². The van der Waals surface area contributed by atoms with Crippen molar-refractivity contribution in [1.29, 1.82) is 0 Å². The molecule has 6 heteroatoms. The van der Waals surface area contributed by atoms with E-state index < -0.39 is 11.9 Å². The normalized spacial score (nSPS) is 13.5. The summed E-state index contributed by atoms with van der Waals surface area (Å²) < 4.78 is 4.89. The number of benzene rings is 1. The summed E-state index contributed by atoms with van der Waals surface area (Å²) in [5, 5.41) is 2.69. The van der Waals surface area contributed by atoms with E-state index in [2.05, 4.69) is 5.32 Å². The smallest absolute Gasteiger partial charge is 0.308 e. The Morgan fingerprint density at radius 1 is 1.30 bits per heavy atom. The molecule has 2 amide bonds. The van der Waals surface area contributed by atoms with Gasteiger partial charge in [0.25, 0.3) is 5.91 Å². The molecule has 0 radical (unpaired) electrons. The Morgan fingerprint density at radius 2 is 2.04 bits per heavy atom. The monoisotopic (exact) mass is 318 g/mol. The number of fused-ring (bicyclic) bond motifs is 1. The summed E-state index contributed by atoms with van der Waals surface area (Å²) in [6, 6.07) is 5.50. The molecule has 0 atom stereocenters. The second-order valence-electron chi connectivity index (χ2n) is 5.93. The Balaban J connectivity index is 2.04. The molecule has 0 unspecified atom stereocenters. The molecule has 124 valence electrons. The Hall–Kier alpha value is -2.37. The van der Waals surface area contributed by atoms with Crippen LogP contribution in [0.2, 0.25) is 0 Å². The van der Waals surface area contributed by atoms with Crippen molar-refractivity contribution in [2.24, 2.45) is 5.92 Å². The Labute approximate surface area is 135 Å². The van der Waals surface area contributed by atoms with Gasteiger partial charge in [0.05, 0.1) is 5.92 Å². The third-order valence-electron chi connectivity index (χ3n) is 3.68. The number of esters is 1. The zero-order chi connectivity index (χ0) is 17.0. The predicted molar refractivity (Wildman–Crippen MR) is 87.2 cm³/mol. The van der Waals surface area contributed by atoms with Gasteiger partial charge in [-0.05, 0) is 30.5 Å². The number of hydrogen-bond acceptors (Lipinski definition) is 4. The standard InChI is InChI=1S/C17H22N2O4/c1-11(2)17(22)23-10-16(21)18-14-7-6-13-5-4-8-19(12(3)20)15(13)9-14/h6-7,9,11H,4-5,8,10H2,1-3H3,(H,18,21). The molecular weight excluding hydrogens is 296 g/mol. The second-order valence-corrected chi connectivity index (χ2v) is 5.93. The van der Waals surface area contributed by atoms with Crippen LogP contribution in [0.25, 0.3) is 0 Å². The molecule has 0 aliphatic carbocycles.